The molecular formula is C10H9NO2S2. The van der Waals surface area contributed by atoms with Crippen molar-refractivity contribution >= 4 is 34.2 Å². The van der Waals surface area contributed by atoms with Gasteiger partial charge in [-0.15, -0.1) is 0 Å². The van der Waals surface area contributed by atoms with Crippen LogP contribution in [0.2, 0.25) is 0 Å². The Labute approximate surface area is 96.9 Å². The molecule has 1 heterocycles. The molecule has 0 saturated carbocycles. The summed E-state index contributed by atoms with van der Waals surface area (Å²) < 4.78 is 0. The first kappa shape index (κ1) is 10.6. The van der Waals surface area contributed by atoms with E-state index in [0.29, 0.717) is 4.99 Å². The molecule has 1 aliphatic rings. The van der Waals surface area contributed by atoms with Crippen LogP contribution in [-0.4, -0.2) is 20.6 Å². The number of aliphatic hydroxyl groups is 1. The summed E-state index contributed by atoms with van der Waals surface area (Å²) in [6.45, 7) is 0. The zero-order valence-electron chi connectivity index (χ0n) is 7.71. The van der Waals surface area contributed by atoms with Gasteiger partial charge in [0.1, 0.15) is 0 Å². The van der Waals surface area contributed by atoms with Crippen LogP contribution in [0, 0.1) is 0 Å². The molecule has 1 aliphatic heterocycles. The SMILES string of the molecule is O=C1NC(=S)C(C(O)c2ccccc2)S1. The Balaban J connectivity index is 2.18. The monoisotopic (exact) mass is 239 g/mol. The highest BCUT2D eigenvalue weighted by Gasteiger charge is 2.34. The van der Waals surface area contributed by atoms with Crippen LogP contribution in [-0.2, 0) is 0 Å². The fourth-order valence-electron chi connectivity index (χ4n) is 1.40. The molecule has 15 heavy (non-hydrogen) atoms. The minimum atomic E-state index is -0.734. The number of amides is 1. The van der Waals surface area contributed by atoms with Gasteiger partial charge in [-0.3, -0.25) is 4.79 Å². The average Bonchev–Trinajstić information content (AvgIpc) is 2.58. The van der Waals surface area contributed by atoms with Crippen molar-refractivity contribution < 1.29 is 9.90 Å². The molecule has 0 aliphatic carbocycles. The third-order valence-corrected chi connectivity index (χ3v) is 3.71. The van der Waals surface area contributed by atoms with E-state index < -0.39 is 6.10 Å². The highest BCUT2D eigenvalue weighted by atomic mass is 32.2. The Morgan fingerprint density at radius 1 is 1.40 bits per heavy atom. The molecule has 1 amide bonds. The third-order valence-electron chi connectivity index (χ3n) is 2.15. The molecule has 0 aromatic heterocycles. The summed E-state index contributed by atoms with van der Waals surface area (Å²) in [7, 11) is 0. The number of thiocarbonyl (C=S) groups is 1. The summed E-state index contributed by atoms with van der Waals surface area (Å²) in [6.07, 6.45) is -0.734. The normalized spacial score (nSPS) is 22.6. The van der Waals surface area contributed by atoms with Gasteiger partial charge in [0.15, 0.2) is 0 Å². The van der Waals surface area contributed by atoms with E-state index in [-0.39, 0.29) is 10.5 Å². The number of hydrogen-bond acceptors (Lipinski definition) is 4. The van der Waals surface area contributed by atoms with Crippen molar-refractivity contribution in [3.8, 4) is 0 Å². The summed E-state index contributed by atoms with van der Waals surface area (Å²) in [4.78, 5) is 11.5. The topological polar surface area (TPSA) is 49.3 Å². The van der Waals surface area contributed by atoms with Crippen molar-refractivity contribution in [3.63, 3.8) is 0 Å². The summed E-state index contributed by atoms with van der Waals surface area (Å²) in [5, 5.41) is 12.0. The van der Waals surface area contributed by atoms with Crippen LogP contribution in [0.4, 0.5) is 4.79 Å². The zero-order valence-corrected chi connectivity index (χ0v) is 9.35. The molecule has 5 heteroatoms. The molecule has 78 valence electrons. The second kappa shape index (κ2) is 4.30. The number of benzene rings is 1. The van der Waals surface area contributed by atoms with Gasteiger partial charge >= 0.3 is 0 Å². The predicted octanol–water partition coefficient (Wildman–Crippen LogP) is 1.87. The fraction of sp³-hybridized carbons (Fsp3) is 0.200. The third kappa shape index (κ3) is 2.19. The molecule has 2 rings (SSSR count). The molecule has 0 spiro atoms. The zero-order chi connectivity index (χ0) is 10.8. The van der Waals surface area contributed by atoms with Crippen molar-refractivity contribution in [3.05, 3.63) is 35.9 Å². The maximum absolute atomic E-state index is 11.1. The van der Waals surface area contributed by atoms with E-state index >= 15 is 0 Å². The van der Waals surface area contributed by atoms with Gasteiger partial charge in [0.25, 0.3) is 5.24 Å². The first-order chi connectivity index (χ1) is 7.18. The number of hydrogen-bond donors (Lipinski definition) is 2. The van der Waals surface area contributed by atoms with Gasteiger partial charge in [0.05, 0.1) is 16.3 Å². The Morgan fingerprint density at radius 2 is 2.07 bits per heavy atom. The molecule has 1 aromatic rings. The molecular weight excluding hydrogens is 230 g/mol. The van der Waals surface area contributed by atoms with Gasteiger partial charge in [-0.05, 0) is 5.56 Å². The predicted molar refractivity (Wildman–Crippen MR) is 63.9 cm³/mol. The van der Waals surface area contributed by atoms with E-state index in [9.17, 15) is 9.90 Å². The van der Waals surface area contributed by atoms with Crippen LogP contribution in [0.5, 0.6) is 0 Å². The number of thioether (sulfide) groups is 1. The highest BCUT2D eigenvalue weighted by Crippen LogP contribution is 2.31. The molecule has 2 unspecified atom stereocenters. The lowest BCUT2D eigenvalue weighted by molar-refractivity contribution is 0.192. The van der Waals surface area contributed by atoms with E-state index in [2.05, 4.69) is 5.32 Å². The first-order valence-corrected chi connectivity index (χ1v) is 5.72. The Morgan fingerprint density at radius 3 is 2.60 bits per heavy atom. The molecule has 1 aromatic carbocycles. The number of nitrogens with one attached hydrogen (secondary N) is 1. The van der Waals surface area contributed by atoms with Gasteiger partial charge in [0.2, 0.25) is 0 Å². The minimum absolute atomic E-state index is 0.194. The molecule has 0 radical (unpaired) electrons. The van der Waals surface area contributed by atoms with Crippen LogP contribution >= 0.6 is 24.0 Å². The van der Waals surface area contributed by atoms with Crippen LogP contribution in [0.15, 0.2) is 30.3 Å². The quantitative estimate of drug-likeness (QED) is 0.774. The van der Waals surface area contributed by atoms with Crippen molar-refractivity contribution in [1.29, 1.82) is 0 Å². The van der Waals surface area contributed by atoms with Crippen molar-refractivity contribution in [2.24, 2.45) is 0 Å². The lowest BCUT2D eigenvalue weighted by atomic mass is 10.1. The van der Waals surface area contributed by atoms with Gasteiger partial charge < -0.3 is 10.4 Å². The Kier molecular flexibility index (Phi) is 3.04. The number of carbonyl (C=O) groups is 1. The van der Waals surface area contributed by atoms with Crippen molar-refractivity contribution in [2.45, 2.75) is 11.4 Å². The fourth-order valence-corrected chi connectivity index (χ4v) is 2.68. The van der Waals surface area contributed by atoms with Crippen LogP contribution < -0.4 is 5.32 Å². The van der Waals surface area contributed by atoms with E-state index in [1.165, 1.54) is 0 Å². The first-order valence-electron chi connectivity index (χ1n) is 4.43. The van der Waals surface area contributed by atoms with Gasteiger partial charge in [-0.1, -0.05) is 54.3 Å². The standard InChI is InChI=1S/C10H9NO2S2/c12-7(6-4-2-1-3-5-6)8-9(14)11-10(13)15-8/h1-5,7-8,12H,(H,11,13,14). The molecule has 2 atom stereocenters. The maximum Gasteiger partial charge on any atom is 0.284 e. The number of rotatable bonds is 2. The molecule has 3 nitrogen and oxygen atoms in total. The van der Waals surface area contributed by atoms with Crippen LogP contribution in [0.3, 0.4) is 0 Å². The van der Waals surface area contributed by atoms with Gasteiger partial charge in [0, 0.05) is 0 Å². The number of aliphatic hydroxyl groups excluding tert-OH is 1. The van der Waals surface area contributed by atoms with Gasteiger partial charge in [-0.2, -0.15) is 0 Å². The lowest BCUT2D eigenvalue weighted by Crippen LogP contribution is -2.26. The second-order valence-electron chi connectivity index (χ2n) is 3.17. The van der Waals surface area contributed by atoms with Gasteiger partial charge in [-0.25, -0.2) is 0 Å². The van der Waals surface area contributed by atoms with Crippen molar-refractivity contribution in [1.82, 2.24) is 5.32 Å². The molecule has 2 N–H and O–H groups in total. The second-order valence-corrected chi connectivity index (χ2v) is 4.72. The van der Waals surface area contributed by atoms with Crippen molar-refractivity contribution in [2.75, 3.05) is 0 Å². The molecule has 1 fully saturated rings. The average molecular weight is 239 g/mol. The van der Waals surface area contributed by atoms with E-state index in [0.717, 1.165) is 17.3 Å². The van der Waals surface area contributed by atoms with Crippen LogP contribution in [0.25, 0.3) is 0 Å². The van der Waals surface area contributed by atoms with E-state index in [1.54, 1.807) is 0 Å². The molecule has 0 bridgehead atoms. The van der Waals surface area contributed by atoms with E-state index in [4.69, 9.17) is 12.2 Å². The minimum Gasteiger partial charge on any atom is -0.387 e. The Hall–Kier alpha value is -0.910. The smallest absolute Gasteiger partial charge is 0.284 e. The largest absolute Gasteiger partial charge is 0.387 e. The summed E-state index contributed by atoms with van der Waals surface area (Å²) in [5.41, 5.74) is 0.772. The summed E-state index contributed by atoms with van der Waals surface area (Å²) in [6, 6.07) is 9.19. The summed E-state index contributed by atoms with van der Waals surface area (Å²) >= 11 is 6.02. The summed E-state index contributed by atoms with van der Waals surface area (Å²) in [5.74, 6) is 0. The van der Waals surface area contributed by atoms with E-state index in [1.807, 2.05) is 30.3 Å². The molecule has 1 saturated heterocycles. The number of carbonyl (C=O) groups excluding carboxylic acids is 1. The van der Waals surface area contributed by atoms with Crippen LogP contribution in [0.1, 0.15) is 11.7 Å². The lowest BCUT2D eigenvalue weighted by Gasteiger charge is -2.15. The maximum atomic E-state index is 11.1. The Bertz CT molecular complexity index is 394. The highest BCUT2D eigenvalue weighted by molar-refractivity contribution is 8.16.